The van der Waals surface area contributed by atoms with Crippen molar-refractivity contribution >= 4 is 45.8 Å². The Balaban J connectivity index is 1.47. The summed E-state index contributed by atoms with van der Waals surface area (Å²) >= 11 is 6.12. The first kappa shape index (κ1) is 22.6. The first-order valence-electron chi connectivity index (χ1n) is 11.1. The van der Waals surface area contributed by atoms with Crippen LogP contribution in [-0.4, -0.2) is 42.8 Å². The Hall–Kier alpha value is -4.16. The number of rotatable bonds is 6. The predicted molar refractivity (Wildman–Crippen MR) is 135 cm³/mol. The van der Waals surface area contributed by atoms with Crippen LogP contribution in [0.5, 0.6) is 5.75 Å². The highest BCUT2D eigenvalue weighted by molar-refractivity contribution is 6.31. The van der Waals surface area contributed by atoms with Crippen LogP contribution in [0.3, 0.4) is 0 Å². The van der Waals surface area contributed by atoms with Gasteiger partial charge in [0.25, 0.3) is 17.7 Å². The quantitative estimate of drug-likeness (QED) is 0.341. The van der Waals surface area contributed by atoms with E-state index in [1.54, 1.807) is 79.9 Å². The highest BCUT2D eigenvalue weighted by Crippen LogP contribution is 2.30. The zero-order valence-corrected chi connectivity index (χ0v) is 19.7. The van der Waals surface area contributed by atoms with Crippen LogP contribution in [-0.2, 0) is 0 Å². The standard InChI is InChI=1S/C28H21ClN2O4/c1-35-22-13-11-21(12-14-22)30(26(32)19-7-2-8-20(29)17-19)15-16-31-27(33)23-9-3-5-18-6-4-10-24(25(18)23)28(31)34/h2-14,17H,15-16H2,1H3. The van der Waals surface area contributed by atoms with Crippen molar-refractivity contribution in [3.63, 3.8) is 0 Å². The van der Waals surface area contributed by atoms with Gasteiger partial charge in [0.2, 0.25) is 0 Å². The van der Waals surface area contributed by atoms with Crippen molar-refractivity contribution in [1.82, 2.24) is 4.90 Å². The Morgan fingerprint density at radius 3 is 2.11 bits per heavy atom. The lowest BCUT2D eigenvalue weighted by Crippen LogP contribution is -2.46. The summed E-state index contributed by atoms with van der Waals surface area (Å²) in [5.74, 6) is -0.388. The van der Waals surface area contributed by atoms with E-state index in [2.05, 4.69) is 0 Å². The number of hydrogen-bond donors (Lipinski definition) is 0. The van der Waals surface area contributed by atoms with E-state index in [9.17, 15) is 14.4 Å². The minimum atomic E-state index is -0.371. The predicted octanol–water partition coefficient (Wildman–Crippen LogP) is 5.44. The normalized spacial score (nSPS) is 12.7. The number of anilines is 1. The molecule has 4 aromatic rings. The lowest BCUT2D eigenvalue weighted by atomic mass is 9.94. The molecule has 4 aromatic carbocycles. The van der Waals surface area contributed by atoms with Gasteiger partial charge >= 0.3 is 0 Å². The molecule has 0 aromatic heterocycles. The molecule has 6 nitrogen and oxygen atoms in total. The summed E-state index contributed by atoms with van der Waals surface area (Å²) < 4.78 is 5.24. The molecule has 3 amide bonds. The lowest BCUT2D eigenvalue weighted by Gasteiger charge is -2.30. The van der Waals surface area contributed by atoms with Gasteiger partial charge in [-0.1, -0.05) is 41.9 Å². The van der Waals surface area contributed by atoms with Crippen molar-refractivity contribution in [3.05, 3.63) is 107 Å². The van der Waals surface area contributed by atoms with E-state index in [0.717, 1.165) is 5.39 Å². The molecular weight excluding hydrogens is 464 g/mol. The minimum absolute atomic E-state index is 0.0285. The number of imide groups is 1. The second kappa shape index (κ2) is 9.24. The number of ether oxygens (including phenoxy) is 1. The van der Waals surface area contributed by atoms with E-state index in [1.807, 2.05) is 12.1 Å². The van der Waals surface area contributed by atoms with Gasteiger partial charge in [-0.2, -0.15) is 0 Å². The number of halogens is 1. The summed E-state index contributed by atoms with van der Waals surface area (Å²) in [5.41, 5.74) is 1.97. The molecule has 0 aliphatic carbocycles. The molecule has 5 rings (SSSR count). The van der Waals surface area contributed by atoms with Gasteiger partial charge < -0.3 is 9.64 Å². The fourth-order valence-electron chi connectivity index (χ4n) is 4.37. The van der Waals surface area contributed by atoms with Crippen molar-refractivity contribution < 1.29 is 19.1 Å². The molecule has 0 radical (unpaired) electrons. The summed E-state index contributed by atoms with van der Waals surface area (Å²) in [7, 11) is 1.57. The summed E-state index contributed by atoms with van der Waals surface area (Å²) in [6, 6.07) is 24.5. The second-order valence-electron chi connectivity index (χ2n) is 8.14. The molecule has 174 valence electrons. The highest BCUT2D eigenvalue weighted by Gasteiger charge is 2.33. The molecule has 1 heterocycles. The minimum Gasteiger partial charge on any atom is -0.497 e. The fraction of sp³-hybridized carbons (Fsp3) is 0.107. The number of nitrogens with zero attached hydrogens (tertiary/aromatic N) is 2. The molecule has 35 heavy (non-hydrogen) atoms. The summed E-state index contributed by atoms with van der Waals surface area (Å²) in [6.07, 6.45) is 0. The van der Waals surface area contributed by atoms with E-state index in [0.29, 0.717) is 38.5 Å². The summed E-state index contributed by atoms with van der Waals surface area (Å²) in [6.45, 7) is 0.133. The third-order valence-corrected chi connectivity index (χ3v) is 6.34. The van der Waals surface area contributed by atoms with Gasteiger partial charge in [0.05, 0.1) is 7.11 Å². The Morgan fingerprint density at radius 1 is 0.886 bits per heavy atom. The van der Waals surface area contributed by atoms with E-state index < -0.39 is 0 Å². The van der Waals surface area contributed by atoms with Gasteiger partial charge in [0.15, 0.2) is 0 Å². The molecule has 7 heteroatoms. The first-order valence-corrected chi connectivity index (χ1v) is 11.4. The Bertz CT molecular complexity index is 1420. The maximum atomic E-state index is 13.5. The molecule has 1 aliphatic heterocycles. The van der Waals surface area contributed by atoms with Gasteiger partial charge in [0.1, 0.15) is 5.75 Å². The van der Waals surface area contributed by atoms with Crippen LogP contribution in [0.25, 0.3) is 10.8 Å². The Morgan fingerprint density at radius 2 is 1.51 bits per heavy atom. The molecular formula is C28H21ClN2O4. The Kier molecular flexibility index (Phi) is 5.97. The molecule has 0 saturated heterocycles. The zero-order valence-electron chi connectivity index (χ0n) is 18.9. The third-order valence-electron chi connectivity index (χ3n) is 6.10. The number of methoxy groups -OCH3 is 1. The van der Waals surface area contributed by atoms with Crippen LogP contribution in [0.1, 0.15) is 31.1 Å². The lowest BCUT2D eigenvalue weighted by molar-refractivity contribution is 0.0611. The van der Waals surface area contributed by atoms with Gasteiger partial charge in [-0.05, 0) is 60.0 Å². The van der Waals surface area contributed by atoms with Crippen molar-refractivity contribution in [2.24, 2.45) is 0 Å². The topological polar surface area (TPSA) is 66.9 Å². The largest absolute Gasteiger partial charge is 0.497 e. The van der Waals surface area contributed by atoms with E-state index in [1.165, 1.54) is 9.80 Å². The summed E-state index contributed by atoms with van der Waals surface area (Å²) in [4.78, 5) is 42.8. The zero-order chi connectivity index (χ0) is 24.5. The monoisotopic (exact) mass is 484 g/mol. The van der Waals surface area contributed by atoms with Crippen molar-refractivity contribution in [2.75, 3.05) is 25.1 Å². The van der Waals surface area contributed by atoms with Crippen LogP contribution >= 0.6 is 11.6 Å². The summed E-state index contributed by atoms with van der Waals surface area (Å²) in [5, 5.41) is 1.96. The van der Waals surface area contributed by atoms with Gasteiger partial charge in [-0.15, -0.1) is 0 Å². The van der Waals surface area contributed by atoms with Gasteiger partial charge in [-0.25, -0.2) is 0 Å². The van der Waals surface area contributed by atoms with Crippen LogP contribution in [0.2, 0.25) is 5.02 Å². The second-order valence-corrected chi connectivity index (χ2v) is 8.57. The highest BCUT2D eigenvalue weighted by atomic mass is 35.5. The van der Waals surface area contributed by atoms with Crippen LogP contribution in [0.4, 0.5) is 5.69 Å². The van der Waals surface area contributed by atoms with Crippen molar-refractivity contribution in [3.8, 4) is 5.75 Å². The molecule has 0 bridgehead atoms. The average molecular weight is 485 g/mol. The molecule has 1 aliphatic rings. The number of carbonyl (C=O) groups is 3. The molecule has 0 saturated carbocycles. The number of carbonyl (C=O) groups excluding carboxylic acids is 3. The number of amides is 3. The van der Waals surface area contributed by atoms with Crippen molar-refractivity contribution in [1.29, 1.82) is 0 Å². The van der Waals surface area contributed by atoms with E-state index in [-0.39, 0.29) is 30.8 Å². The van der Waals surface area contributed by atoms with Crippen LogP contribution in [0, 0.1) is 0 Å². The SMILES string of the molecule is COc1ccc(N(CCN2C(=O)c3cccc4cccc(c34)C2=O)C(=O)c2cccc(Cl)c2)cc1. The maximum absolute atomic E-state index is 13.5. The smallest absolute Gasteiger partial charge is 0.261 e. The first-order chi connectivity index (χ1) is 17.0. The molecule has 0 unspecified atom stereocenters. The van der Waals surface area contributed by atoms with E-state index >= 15 is 0 Å². The number of hydrogen-bond acceptors (Lipinski definition) is 4. The van der Waals surface area contributed by atoms with Gasteiger partial charge in [-0.3, -0.25) is 19.3 Å². The van der Waals surface area contributed by atoms with E-state index in [4.69, 9.17) is 16.3 Å². The number of benzene rings is 4. The van der Waals surface area contributed by atoms with Gasteiger partial charge in [0, 0.05) is 45.9 Å². The van der Waals surface area contributed by atoms with Crippen LogP contribution < -0.4 is 9.64 Å². The van der Waals surface area contributed by atoms with Crippen LogP contribution in [0.15, 0.2) is 84.9 Å². The Labute approximate surface area is 207 Å². The average Bonchev–Trinajstić information content (AvgIpc) is 2.89. The molecule has 0 spiro atoms. The fourth-order valence-corrected chi connectivity index (χ4v) is 4.56. The maximum Gasteiger partial charge on any atom is 0.261 e. The molecule has 0 N–H and O–H groups in total. The third kappa shape index (κ3) is 4.13. The molecule has 0 atom stereocenters. The van der Waals surface area contributed by atoms with Crippen molar-refractivity contribution in [2.45, 2.75) is 0 Å². The molecule has 0 fully saturated rings.